The van der Waals surface area contributed by atoms with Crippen LogP contribution < -0.4 is 16.0 Å². The second-order valence-electron chi connectivity index (χ2n) is 7.42. The van der Waals surface area contributed by atoms with Crippen LogP contribution in [0.5, 0.6) is 11.6 Å². The summed E-state index contributed by atoms with van der Waals surface area (Å²) in [6, 6.07) is 10.8. The number of nitrogens with zero attached hydrogens (tertiary/aromatic N) is 1. The molecule has 0 amide bonds. The minimum absolute atomic E-state index is 0.149. The number of aryl methyl sites for hydroxylation is 2. The molecule has 0 bridgehead atoms. The molecule has 2 aromatic carbocycles. The van der Waals surface area contributed by atoms with Gasteiger partial charge in [0, 0.05) is 10.0 Å². The molecule has 0 aliphatic carbocycles. The van der Waals surface area contributed by atoms with E-state index in [0.717, 1.165) is 16.7 Å². The van der Waals surface area contributed by atoms with Crippen LogP contribution in [0.1, 0.15) is 42.0 Å². The molecule has 0 aliphatic heterocycles. The van der Waals surface area contributed by atoms with Crippen LogP contribution in [-0.4, -0.2) is 9.55 Å². The lowest BCUT2D eigenvalue weighted by molar-refractivity contribution is 0.410. The summed E-state index contributed by atoms with van der Waals surface area (Å²) >= 11 is 12.2. The van der Waals surface area contributed by atoms with Gasteiger partial charge in [0.1, 0.15) is 5.75 Å². The topological polar surface area (TPSA) is 64.1 Å². The quantitative estimate of drug-likeness (QED) is 0.584. The smallest absolute Gasteiger partial charge is 0.331 e. The lowest BCUT2D eigenvalue weighted by atomic mass is 10.1. The Balaban J connectivity index is 2.20. The van der Waals surface area contributed by atoms with Gasteiger partial charge in [0.25, 0.3) is 5.56 Å². The van der Waals surface area contributed by atoms with Gasteiger partial charge in [-0.05, 0) is 66.8 Å². The predicted molar refractivity (Wildman–Crippen MR) is 117 cm³/mol. The first-order chi connectivity index (χ1) is 13.6. The molecule has 0 aliphatic rings. The Morgan fingerprint density at radius 3 is 2.10 bits per heavy atom. The summed E-state index contributed by atoms with van der Waals surface area (Å²) < 4.78 is 7.53. The highest BCUT2D eigenvalue weighted by Gasteiger charge is 2.20. The summed E-state index contributed by atoms with van der Waals surface area (Å²) in [6.07, 6.45) is 0. The largest absolute Gasteiger partial charge is 0.440 e. The number of benzene rings is 2. The highest BCUT2D eigenvalue weighted by atomic mass is 35.5. The molecule has 7 heteroatoms. The normalized spacial score (nSPS) is 11.1. The molecule has 0 saturated heterocycles. The summed E-state index contributed by atoms with van der Waals surface area (Å²) in [5.74, 6) is 0.622. The third kappa shape index (κ3) is 4.92. The number of aromatic amines is 1. The van der Waals surface area contributed by atoms with Crippen LogP contribution in [0.4, 0.5) is 0 Å². The zero-order valence-electron chi connectivity index (χ0n) is 16.7. The number of hydrogen-bond donors (Lipinski definition) is 1. The van der Waals surface area contributed by atoms with Gasteiger partial charge in [0.2, 0.25) is 5.88 Å². The van der Waals surface area contributed by atoms with Gasteiger partial charge in [0.15, 0.2) is 0 Å². The molecule has 0 unspecified atom stereocenters. The second-order valence-corrected chi connectivity index (χ2v) is 8.29. The van der Waals surface area contributed by atoms with E-state index in [2.05, 4.69) is 4.98 Å². The number of aromatic nitrogens is 2. The van der Waals surface area contributed by atoms with E-state index < -0.39 is 11.2 Å². The van der Waals surface area contributed by atoms with Gasteiger partial charge >= 0.3 is 5.69 Å². The summed E-state index contributed by atoms with van der Waals surface area (Å²) in [4.78, 5) is 27.6. The Labute approximate surface area is 178 Å². The monoisotopic (exact) mass is 432 g/mol. The molecule has 1 aromatic heterocycles. The fourth-order valence-corrected chi connectivity index (χ4v) is 3.89. The number of halogens is 2. The van der Waals surface area contributed by atoms with Crippen molar-refractivity contribution < 1.29 is 4.74 Å². The minimum atomic E-state index is -0.560. The molecule has 3 rings (SSSR count). The third-order valence-electron chi connectivity index (χ3n) is 4.44. The SMILES string of the molecule is Cc1cc(C)cc(Oc2c(C(C)C)c(=O)[nH]c(=O)n2Cc2cc(Cl)cc(Cl)c2)c1. The van der Waals surface area contributed by atoms with Crippen LogP contribution in [0.2, 0.25) is 10.0 Å². The maximum atomic E-state index is 12.7. The van der Waals surface area contributed by atoms with Crippen molar-refractivity contribution in [3.05, 3.63) is 89.5 Å². The zero-order valence-corrected chi connectivity index (χ0v) is 18.2. The maximum absolute atomic E-state index is 12.7. The van der Waals surface area contributed by atoms with Gasteiger partial charge in [-0.15, -0.1) is 0 Å². The highest BCUT2D eigenvalue weighted by molar-refractivity contribution is 6.34. The molecular formula is C22H22Cl2N2O3. The molecule has 5 nitrogen and oxygen atoms in total. The molecule has 0 fully saturated rings. The summed E-state index contributed by atoms with van der Waals surface area (Å²) in [5, 5.41) is 0.927. The van der Waals surface area contributed by atoms with Crippen molar-refractivity contribution >= 4 is 23.2 Å². The van der Waals surface area contributed by atoms with Gasteiger partial charge in [-0.25, -0.2) is 4.79 Å². The maximum Gasteiger partial charge on any atom is 0.331 e. The molecular weight excluding hydrogens is 411 g/mol. The second kappa shape index (κ2) is 8.47. The fraction of sp³-hybridized carbons (Fsp3) is 0.273. The summed E-state index contributed by atoms with van der Waals surface area (Å²) in [5.41, 5.74) is 2.14. The lowest BCUT2D eigenvalue weighted by Gasteiger charge is -2.19. The van der Waals surface area contributed by atoms with Gasteiger partial charge in [-0.2, -0.15) is 0 Å². The van der Waals surface area contributed by atoms with E-state index in [-0.39, 0.29) is 18.3 Å². The number of rotatable bonds is 5. The summed E-state index contributed by atoms with van der Waals surface area (Å²) in [6.45, 7) is 7.83. The lowest BCUT2D eigenvalue weighted by Crippen LogP contribution is -2.34. The Morgan fingerprint density at radius 1 is 0.966 bits per heavy atom. The number of H-pyrrole nitrogens is 1. The molecule has 1 N–H and O–H groups in total. The van der Waals surface area contributed by atoms with Gasteiger partial charge in [-0.1, -0.05) is 43.1 Å². The van der Waals surface area contributed by atoms with E-state index in [1.54, 1.807) is 18.2 Å². The molecule has 0 spiro atoms. The first-order valence-corrected chi connectivity index (χ1v) is 9.97. The van der Waals surface area contributed by atoms with Crippen molar-refractivity contribution in [1.82, 2.24) is 9.55 Å². The predicted octanol–water partition coefficient (Wildman–Crippen LogP) is 5.42. The van der Waals surface area contributed by atoms with E-state index in [9.17, 15) is 9.59 Å². The molecule has 29 heavy (non-hydrogen) atoms. The van der Waals surface area contributed by atoms with Gasteiger partial charge in [0.05, 0.1) is 12.1 Å². The number of nitrogens with one attached hydrogen (secondary N) is 1. The van der Waals surface area contributed by atoms with Gasteiger partial charge in [-0.3, -0.25) is 14.3 Å². The standard InChI is InChI=1S/C22H22Cl2N2O3/c1-12(2)19-20(27)25-22(28)26(11-15-8-16(23)10-17(24)9-15)21(19)29-18-6-13(3)5-14(4)7-18/h5-10,12H,11H2,1-4H3,(H,25,27,28). The van der Waals surface area contributed by atoms with Crippen molar-refractivity contribution in [1.29, 1.82) is 0 Å². The molecule has 0 atom stereocenters. The van der Waals surface area contributed by atoms with Gasteiger partial charge < -0.3 is 4.74 Å². The van der Waals surface area contributed by atoms with Crippen LogP contribution in [0.25, 0.3) is 0 Å². The molecule has 152 valence electrons. The zero-order chi connectivity index (χ0) is 21.3. The summed E-state index contributed by atoms with van der Waals surface area (Å²) in [7, 11) is 0. The first-order valence-electron chi connectivity index (χ1n) is 9.22. The third-order valence-corrected chi connectivity index (χ3v) is 4.87. The van der Waals surface area contributed by atoms with E-state index in [1.807, 2.05) is 45.9 Å². The number of ether oxygens (including phenoxy) is 1. The Kier molecular flexibility index (Phi) is 6.20. The van der Waals surface area contributed by atoms with Crippen LogP contribution in [0.3, 0.4) is 0 Å². The van der Waals surface area contributed by atoms with E-state index in [1.165, 1.54) is 4.57 Å². The number of hydrogen-bond acceptors (Lipinski definition) is 3. The Morgan fingerprint density at radius 2 is 1.55 bits per heavy atom. The first kappa shape index (κ1) is 21.2. The van der Waals surface area contributed by atoms with Crippen molar-refractivity contribution in [2.45, 2.75) is 40.2 Å². The average Bonchev–Trinajstić information content (AvgIpc) is 2.56. The molecule has 1 heterocycles. The van der Waals surface area contributed by atoms with Crippen molar-refractivity contribution in [3.8, 4) is 11.6 Å². The van der Waals surface area contributed by atoms with Crippen LogP contribution >= 0.6 is 23.2 Å². The fourth-order valence-electron chi connectivity index (χ4n) is 3.32. The van der Waals surface area contributed by atoms with Crippen molar-refractivity contribution in [2.75, 3.05) is 0 Å². The Hall–Kier alpha value is -2.50. The molecule has 3 aromatic rings. The molecule has 0 radical (unpaired) electrons. The molecule has 0 saturated carbocycles. The van der Waals surface area contributed by atoms with E-state index in [4.69, 9.17) is 27.9 Å². The average molecular weight is 433 g/mol. The van der Waals surface area contributed by atoms with Crippen molar-refractivity contribution in [2.24, 2.45) is 0 Å². The van der Waals surface area contributed by atoms with E-state index in [0.29, 0.717) is 21.4 Å². The van der Waals surface area contributed by atoms with Crippen LogP contribution in [0.15, 0.2) is 46.0 Å². The van der Waals surface area contributed by atoms with Crippen molar-refractivity contribution in [3.63, 3.8) is 0 Å². The van der Waals surface area contributed by atoms with Crippen LogP contribution in [-0.2, 0) is 6.54 Å². The highest BCUT2D eigenvalue weighted by Crippen LogP contribution is 2.29. The minimum Gasteiger partial charge on any atom is -0.440 e. The van der Waals surface area contributed by atoms with Crippen LogP contribution in [0, 0.1) is 13.8 Å². The van der Waals surface area contributed by atoms with E-state index >= 15 is 0 Å². The Bertz CT molecular complexity index is 1140.